The van der Waals surface area contributed by atoms with Crippen molar-refractivity contribution in [3.63, 3.8) is 0 Å². The maximum atomic E-state index is 13.6. The Labute approximate surface area is 201 Å². The number of carbonyl (C=O) groups excluding carboxylic acids is 1. The van der Waals surface area contributed by atoms with Gasteiger partial charge in [-0.25, -0.2) is 4.98 Å². The molecule has 0 N–H and O–H groups in total. The van der Waals surface area contributed by atoms with Crippen LogP contribution < -0.4 is 14.4 Å². The number of carbonyl (C=O) groups is 1. The van der Waals surface area contributed by atoms with Crippen molar-refractivity contribution < 1.29 is 19.0 Å². The molecule has 0 aliphatic carbocycles. The molecule has 1 aromatic heterocycles. The number of aryl methyl sites for hydroxylation is 1. The van der Waals surface area contributed by atoms with E-state index in [0.29, 0.717) is 28.2 Å². The Kier molecular flexibility index (Phi) is 6.69. The number of hydrogen-bond donors (Lipinski definition) is 0. The second-order valence-corrected chi connectivity index (χ2v) is 9.59. The largest absolute Gasteiger partial charge is 0.485 e. The summed E-state index contributed by atoms with van der Waals surface area (Å²) in [6, 6.07) is 11.3. The van der Waals surface area contributed by atoms with Crippen molar-refractivity contribution in [3.05, 3.63) is 47.0 Å². The van der Waals surface area contributed by atoms with Gasteiger partial charge in [0.1, 0.15) is 6.61 Å². The average Bonchev–Trinajstić information content (AvgIpc) is 3.29. The highest BCUT2D eigenvalue weighted by Gasteiger charge is 2.33. The zero-order chi connectivity index (χ0) is 22.8. The Hall–Kier alpha value is -2.39. The van der Waals surface area contributed by atoms with Gasteiger partial charge in [-0.2, -0.15) is 0 Å². The molecule has 0 spiro atoms. The van der Waals surface area contributed by atoms with Crippen molar-refractivity contribution in [3.8, 4) is 11.5 Å². The Morgan fingerprint density at radius 3 is 2.82 bits per heavy atom. The molecule has 7 nitrogen and oxygen atoms in total. The van der Waals surface area contributed by atoms with Gasteiger partial charge in [0.15, 0.2) is 16.6 Å². The van der Waals surface area contributed by atoms with Crippen molar-refractivity contribution in [2.75, 3.05) is 50.9 Å². The maximum Gasteiger partial charge on any atom is 0.273 e. The van der Waals surface area contributed by atoms with Crippen LogP contribution in [-0.2, 0) is 9.53 Å². The molecule has 33 heavy (non-hydrogen) atoms. The number of ether oxygens (including phenoxy) is 3. The molecule has 2 aromatic carbocycles. The summed E-state index contributed by atoms with van der Waals surface area (Å²) in [6.45, 7) is 6.92. The minimum atomic E-state index is -0.722. The summed E-state index contributed by atoms with van der Waals surface area (Å²) in [5.74, 6) is 1.10. The normalized spacial score (nSPS) is 18.4. The van der Waals surface area contributed by atoms with E-state index in [-0.39, 0.29) is 12.5 Å². The molecular formula is C24H26ClN3O4S. The number of halogens is 1. The third-order valence-electron chi connectivity index (χ3n) is 5.98. The van der Waals surface area contributed by atoms with Crippen LogP contribution in [-0.4, -0.2) is 67.9 Å². The Morgan fingerprint density at radius 1 is 1.21 bits per heavy atom. The fraction of sp³-hybridized carbons (Fsp3) is 0.417. The summed E-state index contributed by atoms with van der Waals surface area (Å²) < 4.78 is 18.3. The molecule has 0 saturated carbocycles. The Morgan fingerprint density at radius 2 is 2.00 bits per heavy atom. The topological polar surface area (TPSA) is 64.1 Å². The van der Waals surface area contributed by atoms with E-state index in [1.807, 2.05) is 43.3 Å². The number of amides is 1. The Balaban J connectivity index is 1.38. The van der Waals surface area contributed by atoms with E-state index in [9.17, 15) is 4.79 Å². The molecule has 0 radical (unpaired) electrons. The van der Waals surface area contributed by atoms with Gasteiger partial charge in [0.05, 0.1) is 23.4 Å². The third-order valence-corrected chi connectivity index (χ3v) is 7.43. The van der Waals surface area contributed by atoms with E-state index in [2.05, 4.69) is 4.90 Å². The smallest absolute Gasteiger partial charge is 0.273 e. The standard InChI is InChI=1S/C24H26ClN3O4S/c1-16-17(25)7-8-21-22(16)26-24(33-21)28(10-4-9-27-11-13-30-14-12-27)23(29)20-15-31-18-5-2-3-6-19(18)32-20/h2-3,5-8,20H,4,9-15H2,1H3/t20-/m0/s1. The lowest BCUT2D eigenvalue weighted by atomic mass is 10.2. The van der Waals surface area contributed by atoms with Crippen molar-refractivity contribution in [2.45, 2.75) is 19.4 Å². The van der Waals surface area contributed by atoms with Crippen molar-refractivity contribution in [2.24, 2.45) is 0 Å². The van der Waals surface area contributed by atoms with E-state index in [1.165, 1.54) is 11.3 Å². The fourth-order valence-corrected chi connectivity index (χ4v) is 5.31. The van der Waals surface area contributed by atoms with E-state index < -0.39 is 6.10 Å². The van der Waals surface area contributed by atoms with Crippen LogP contribution in [0.4, 0.5) is 5.13 Å². The molecule has 1 atom stereocenters. The first-order valence-corrected chi connectivity index (χ1v) is 12.4. The summed E-state index contributed by atoms with van der Waals surface area (Å²) in [5.41, 5.74) is 1.75. The van der Waals surface area contributed by atoms with Gasteiger partial charge in [-0.3, -0.25) is 14.6 Å². The molecule has 3 aromatic rings. The summed E-state index contributed by atoms with van der Waals surface area (Å²) in [5, 5.41) is 1.33. The molecule has 174 valence electrons. The number of hydrogen-bond acceptors (Lipinski definition) is 7. The molecule has 9 heteroatoms. The van der Waals surface area contributed by atoms with Gasteiger partial charge in [0, 0.05) is 31.2 Å². The summed E-state index contributed by atoms with van der Waals surface area (Å²) in [4.78, 5) is 22.6. The maximum absolute atomic E-state index is 13.6. The number of benzene rings is 2. The van der Waals surface area contributed by atoms with Crippen LogP contribution in [0.2, 0.25) is 5.02 Å². The van der Waals surface area contributed by atoms with Crippen molar-refractivity contribution in [1.82, 2.24) is 9.88 Å². The number of aromatic nitrogens is 1. The van der Waals surface area contributed by atoms with Gasteiger partial charge >= 0.3 is 0 Å². The van der Waals surface area contributed by atoms with Crippen LogP contribution in [0.5, 0.6) is 11.5 Å². The van der Waals surface area contributed by atoms with Crippen LogP contribution in [0.15, 0.2) is 36.4 Å². The molecule has 5 rings (SSSR count). The quantitative estimate of drug-likeness (QED) is 0.520. The summed E-state index contributed by atoms with van der Waals surface area (Å²) in [6.07, 6.45) is 0.103. The number of anilines is 1. The lowest BCUT2D eigenvalue weighted by Gasteiger charge is -2.31. The lowest BCUT2D eigenvalue weighted by Crippen LogP contribution is -2.47. The van der Waals surface area contributed by atoms with Crippen LogP contribution >= 0.6 is 22.9 Å². The zero-order valence-corrected chi connectivity index (χ0v) is 20.0. The lowest BCUT2D eigenvalue weighted by molar-refractivity contribution is -0.127. The minimum Gasteiger partial charge on any atom is -0.485 e. The fourth-order valence-electron chi connectivity index (χ4n) is 4.10. The SMILES string of the molecule is Cc1c(Cl)ccc2sc(N(CCCN3CCOCC3)C(=O)[C@@H]3COc4ccccc4O3)nc12. The van der Waals surface area contributed by atoms with Crippen LogP contribution in [0.3, 0.4) is 0 Å². The number of morpholine rings is 1. The molecule has 1 amide bonds. The van der Waals surface area contributed by atoms with Crippen LogP contribution in [0.25, 0.3) is 10.2 Å². The van der Waals surface area contributed by atoms with Gasteiger partial charge < -0.3 is 14.2 Å². The predicted molar refractivity (Wildman–Crippen MR) is 130 cm³/mol. The molecule has 2 aliphatic heterocycles. The second kappa shape index (κ2) is 9.85. The summed E-state index contributed by atoms with van der Waals surface area (Å²) in [7, 11) is 0. The van der Waals surface area contributed by atoms with Gasteiger partial charge in [0.2, 0.25) is 6.10 Å². The highest BCUT2D eigenvalue weighted by molar-refractivity contribution is 7.22. The number of fused-ring (bicyclic) bond motifs is 2. The van der Waals surface area contributed by atoms with E-state index in [4.69, 9.17) is 30.8 Å². The number of thiazole rings is 1. The molecule has 0 unspecified atom stereocenters. The number of rotatable bonds is 6. The monoisotopic (exact) mass is 487 g/mol. The highest BCUT2D eigenvalue weighted by Crippen LogP contribution is 2.35. The van der Waals surface area contributed by atoms with Gasteiger partial charge in [-0.15, -0.1) is 0 Å². The van der Waals surface area contributed by atoms with E-state index in [0.717, 1.165) is 55.0 Å². The summed E-state index contributed by atoms with van der Waals surface area (Å²) >= 11 is 7.81. The molecule has 0 bridgehead atoms. The Bertz CT molecular complexity index is 1150. The molecule has 2 aliphatic rings. The number of nitrogens with zero attached hydrogens (tertiary/aromatic N) is 3. The first-order chi connectivity index (χ1) is 16.1. The third kappa shape index (κ3) is 4.80. The predicted octanol–water partition coefficient (Wildman–Crippen LogP) is 4.15. The molecule has 3 heterocycles. The van der Waals surface area contributed by atoms with Gasteiger partial charge in [-0.1, -0.05) is 35.1 Å². The van der Waals surface area contributed by atoms with Gasteiger partial charge in [-0.05, 0) is 43.2 Å². The minimum absolute atomic E-state index is 0.144. The average molecular weight is 488 g/mol. The molecular weight excluding hydrogens is 462 g/mol. The molecule has 1 fully saturated rings. The van der Waals surface area contributed by atoms with Crippen molar-refractivity contribution >= 4 is 44.2 Å². The van der Waals surface area contributed by atoms with Crippen molar-refractivity contribution in [1.29, 1.82) is 0 Å². The first-order valence-electron chi connectivity index (χ1n) is 11.2. The van der Waals surface area contributed by atoms with Crippen LogP contribution in [0.1, 0.15) is 12.0 Å². The highest BCUT2D eigenvalue weighted by atomic mass is 35.5. The zero-order valence-electron chi connectivity index (χ0n) is 18.5. The number of para-hydroxylation sites is 2. The first kappa shape index (κ1) is 22.4. The second-order valence-electron chi connectivity index (χ2n) is 8.18. The van der Waals surface area contributed by atoms with E-state index >= 15 is 0 Å². The van der Waals surface area contributed by atoms with Crippen LogP contribution in [0, 0.1) is 6.92 Å². The van der Waals surface area contributed by atoms with E-state index in [1.54, 1.807) is 4.90 Å². The van der Waals surface area contributed by atoms with Gasteiger partial charge in [0.25, 0.3) is 5.91 Å². The molecule has 1 saturated heterocycles.